The molecule has 25 heavy (non-hydrogen) atoms. The summed E-state index contributed by atoms with van der Waals surface area (Å²) in [4.78, 5) is 12.7. The molecule has 1 heterocycles. The second-order valence-electron chi connectivity index (χ2n) is 5.51. The van der Waals surface area contributed by atoms with Crippen LogP contribution in [-0.2, 0) is 10.5 Å². The number of hydrogen-bond donors (Lipinski definition) is 1. The monoisotopic (exact) mass is 356 g/mol. The Hall–Kier alpha value is -2.60. The van der Waals surface area contributed by atoms with Crippen molar-refractivity contribution in [2.45, 2.75) is 17.9 Å². The molecule has 3 rings (SSSR count). The molecule has 6 heteroatoms. The molecule has 0 radical (unpaired) electrons. The molecule has 4 nitrogen and oxygen atoms in total. The van der Waals surface area contributed by atoms with E-state index in [1.54, 1.807) is 31.2 Å². The van der Waals surface area contributed by atoms with Crippen molar-refractivity contribution < 1.29 is 13.7 Å². The van der Waals surface area contributed by atoms with Crippen molar-refractivity contribution in [1.29, 1.82) is 0 Å². The molecule has 1 amide bonds. The maximum absolute atomic E-state index is 13.9. The van der Waals surface area contributed by atoms with E-state index in [2.05, 4.69) is 10.5 Å². The maximum atomic E-state index is 13.9. The smallest absolute Gasteiger partial charge is 0.243 e. The standard InChI is InChI=1S/C19H17FN2O2S/c1-13-11-17(22-24-13)21-19(23)18(14-7-3-2-4-8-14)25-12-15-9-5-6-10-16(15)20/h2-11,18H,12H2,1H3,(H,21,22,23). The first-order valence-electron chi connectivity index (χ1n) is 7.77. The molecule has 1 atom stereocenters. The van der Waals surface area contributed by atoms with Crippen LogP contribution < -0.4 is 5.32 Å². The molecule has 128 valence electrons. The molecule has 0 bridgehead atoms. The van der Waals surface area contributed by atoms with E-state index < -0.39 is 5.25 Å². The van der Waals surface area contributed by atoms with Gasteiger partial charge >= 0.3 is 0 Å². The minimum Gasteiger partial charge on any atom is -0.360 e. The first-order chi connectivity index (χ1) is 12.1. The van der Waals surface area contributed by atoms with Gasteiger partial charge in [0.05, 0.1) is 0 Å². The average molecular weight is 356 g/mol. The molecular formula is C19H17FN2O2S. The van der Waals surface area contributed by atoms with Crippen LogP contribution in [-0.4, -0.2) is 11.1 Å². The van der Waals surface area contributed by atoms with Gasteiger partial charge in [-0.2, -0.15) is 0 Å². The zero-order chi connectivity index (χ0) is 17.6. The number of nitrogens with zero attached hydrogens (tertiary/aromatic N) is 1. The van der Waals surface area contributed by atoms with Gasteiger partial charge in [-0.05, 0) is 24.1 Å². The number of rotatable bonds is 6. The lowest BCUT2D eigenvalue weighted by atomic mass is 10.1. The van der Waals surface area contributed by atoms with Gasteiger partial charge in [0.15, 0.2) is 5.82 Å². The quantitative estimate of drug-likeness (QED) is 0.693. The molecule has 0 aliphatic carbocycles. The summed E-state index contributed by atoms with van der Waals surface area (Å²) in [5.74, 6) is 0.882. The van der Waals surface area contributed by atoms with Crippen molar-refractivity contribution >= 4 is 23.5 Å². The molecule has 1 N–H and O–H groups in total. The van der Waals surface area contributed by atoms with E-state index in [-0.39, 0.29) is 11.7 Å². The van der Waals surface area contributed by atoms with E-state index in [9.17, 15) is 9.18 Å². The summed E-state index contributed by atoms with van der Waals surface area (Å²) in [6, 6.07) is 17.6. The number of aryl methyl sites for hydroxylation is 1. The Balaban J connectivity index is 1.77. The van der Waals surface area contributed by atoms with E-state index in [4.69, 9.17) is 4.52 Å². The Bertz CT molecular complexity index is 851. The summed E-state index contributed by atoms with van der Waals surface area (Å²) in [5, 5.41) is 6.05. The summed E-state index contributed by atoms with van der Waals surface area (Å²) in [6.07, 6.45) is 0. The van der Waals surface area contributed by atoms with Crippen LogP contribution in [0.5, 0.6) is 0 Å². The van der Waals surface area contributed by atoms with Crippen LogP contribution in [0.15, 0.2) is 65.2 Å². The van der Waals surface area contributed by atoms with E-state index in [1.165, 1.54) is 17.8 Å². The van der Waals surface area contributed by atoms with Gasteiger partial charge in [-0.25, -0.2) is 4.39 Å². The van der Waals surface area contributed by atoms with Gasteiger partial charge in [-0.15, -0.1) is 11.8 Å². The zero-order valence-electron chi connectivity index (χ0n) is 13.6. The minimum atomic E-state index is -0.488. The predicted octanol–water partition coefficient (Wildman–Crippen LogP) is 4.74. The van der Waals surface area contributed by atoms with Crippen molar-refractivity contribution in [3.8, 4) is 0 Å². The fraction of sp³-hybridized carbons (Fsp3) is 0.158. The molecule has 0 saturated carbocycles. The number of nitrogens with one attached hydrogen (secondary N) is 1. The van der Waals surface area contributed by atoms with Crippen LogP contribution >= 0.6 is 11.8 Å². The number of thioether (sulfide) groups is 1. The molecule has 3 aromatic rings. The molecule has 0 aliphatic rings. The molecular weight excluding hydrogens is 339 g/mol. The third-order valence-electron chi connectivity index (χ3n) is 3.58. The van der Waals surface area contributed by atoms with E-state index in [0.717, 1.165) is 5.56 Å². The third-order valence-corrected chi connectivity index (χ3v) is 4.88. The molecule has 0 spiro atoms. The number of aromatic nitrogens is 1. The summed E-state index contributed by atoms with van der Waals surface area (Å²) < 4.78 is 18.8. The van der Waals surface area contributed by atoms with Crippen molar-refractivity contribution in [2.24, 2.45) is 0 Å². The topological polar surface area (TPSA) is 55.1 Å². The highest BCUT2D eigenvalue weighted by molar-refractivity contribution is 7.99. The molecule has 0 saturated heterocycles. The SMILES string of the molecule is Cc1cc(NC(=O)C(SCc2ccccc2F)c2ccccc2)no1. The molecule has 1 unspecified atom stereocenters. The number of amides is 1. The number of anilines is 1. The highest BCUT2D eigenvalue weighted by Crippen LogP contribution is 2.33. The largest absolute Gasteiger partial charge is 0.360 e. The lowest BCUT2D eigenvalue weighted by Gasteiger charge is -2.16. The third kappa shape index (κ3) is 4.48. The van der Waals surface area contributed by atoms with Crippen LogP contribution in [0.1, 0.15) is 22.1 Å². The summed E-state index contributed by atoms with van der Waals surface area (Å²) in [6.45, 7) is 1.75. The van der Waals surface area contributed by atoms with Gasteiger partial charge in [-0.3, -0.25) is 4.79 Å². The molecule has 0 fully saturated rings. The number of halogens is 1. The average Bonchev–Trinajstić information content (AvgIpc) is 3.02. The van der Waals surface area contributed by atoms with Gasteiger partial charge in [0.25, 0.3) is 0 Å². The second-order valence-corrected chi connectivity index (χ2v) is 6.60. The van der Waals surface area contributed by atoms with Gasteiger partial charge in [-0.1, -0.05) is 53.7 Å². The molecule has 2 aromatic carbocycles. The Kier molecular flexibility index (Phi) is 5.50. The van der Waals surface area contributed by atoms with Crippen molar-refractivity contribution in [3.63, 3.8) is 0 Å². The number of carbonyl (C=O) groups excluding carboxylic acids is 1. The van der Waals surface area contributed by atoms with Crippen LogP contribution in [0.4, 0.5) is 10.2 Å². The number of benzene rings is 2. The maximum Gasteiger partial charge on any atom is 0.243 e. The highest BCUT2D eigenvalue weighted by Gasteiger charge is 2.22. The van der Waals surface area contributed by atoms with Gasteiger partial charge in [0.1, 0.15) is 16.8 Å². The Morgan fingerprint density at radius 1 is 1.20 bits per heavy atom. The van der Waals surface area contributed by atoms with Crippen LogP contribution in [0.25, 0.3) is 0 Å². The molecule has 0 aliphatic heterocycles. The summed E-state index contributed by atoms with van der Waals surface area (Å²) >= 11 is 1.37. The lowest BCUT2D eigenvalue weighted by molar-refractivity contribution is -0.115. The Morgan fingerprint density at radius 3 is 2.60 bits per heavy atom. The fourth-order valence-corrected chi connectivity index (χ4v) is 3.50. The van der Waals surface area contributed by atoms with Gasteiger partial charge in [0, 0.05) is 11.8 Å². The van der Waals surface area contributed by atoms with Crippen molar-refractivity contribution in [2.75, 3.05) is 5.32 Å². The van der Waals surface area contributed by atoms with E-state index >= 15 is 0 Å². The fourth-order valence-electron chi connectivity index (χ4n) is 2.36. The second kappa shape index (κ2) is 7.98. The van der Waals surface area contributed by atoms with Crippen LogP contribution in [0.2, 0.25) is 0 Å². The Labute approximate surface area is 149 Å². The first-order valence-corrected chi connectivity index (χ1v) is 8.82. The summed E-state index contributed by atoms with van der Waals surface area (Å²) in [7, 11) is 0. The van der Waals surface area contributed by atoms with Crippen molar-refractivity contribution in [1.82, 2.24) is 5.16 Å². The van der Waals surface area contributed by atoms with Gasteiger partial charge < -0.3 is 9.84 Å². The van der Waals surface area contributed by atoms with Crippen molar-refractivity contribution in [3.05, 3.63) is 83.4 Å². The minimum absolute atomic E-state index is 0.221. The summed E-state index contributed by atoms with van der Waals surface area (Å²) in [5.41, 5.74) is 1.42. The highest BCUT2D eigenvalue weighted by atomic mass is 32.2. The normalized spacial score (nSPS) is 11.9. The van der Waals surface area contributed by atoms with E-state index in [0.29, 0.717) is 22.9 Å². The first kappa shape index (κ1) is 17.2. The van der Waals surface area contributed by atoms with Crippen LogP contribution in [0, 0.1) is 12.7 Å². The zero-order valence-corrected chi connectivity index (χ0v) is 14.4. The molecule has 1 aromatic heterocycles. The van der Waals surface area contributed by atoms with E-state index in [1.807, 2.05) is 30.3 Å². The lowest BCUT2D eigenvalue weighted by Crippen LogP contribution is -2.19. The predicted molar refractivity (Wildman–Crippen MR) is 96.7 cm³/mol. The van der Waals surface area contributed by atoms with Crippen LogP contribution in [0.3, 0.4) is 0 Å². The number of carbonyl (C=O) groups is 1. The number of hydrogen-bond acceptors (Lipinski definition) is 4. The van der Waals surface area contributed by atoms with Gasteiger partial charge in [0.2, 0.25) is 5.91 Å². The Morgan fingerprint density at radius 2 is 1.92 bits per heavy atom.